The number of unbranched alkanes of at least 4 members (excludes halogenated alkanes) is 1. The standard InChI is InChI=1S/C42H48N4O7/c1-42(2,3)53-41(51)46-37(25-28-13-5-4-6-14-28)39(49)45-36(38(48)44-30-22-20-29(26-47)21-23-30)19-11-12-24-43-40(50)52-27-35-33-17-9-7-15-31(33)32-16-8-10-18-34(32)35/h4-10,13-18,20-23,35-37,47H,11-12,19,24-27H2,1-3H3,(H,43,50)(H,44,48)(H,45,49)(H,46,51)/t36?,37-/m0/s1. The van der Waals surface area contributed by atoms with Gasteiger partial charge in [0.1, 0.15) is 24.3 Å². The number of amides is 4. The lowest BCUT2D eigenvalue weighted by atomic mass is 9.98. The molecule has 1 aliphatic carbocycles. The molecule has 11 heteroatoms. The van der Waals surface area contributed by atoms with E-state index in [9.17, 15) is 24.3 Å². The van der Waals surface area contributed by atoms with Crippen molar-refractivity contribution in [3.05, 3.63) is 125 Å². The maximum Gasteiger partial charge on any atom is 0.408 e. The van der Waals surface area contributed by atoms with E-state index >= 15 is 0 Å². The second-order valence-electron chi connectivity index (χ2n) is 14.0. The fraction of sp³-hybridized carbons (Fsp3) is 0.333. The van der Waals surface area contributed by atoms with Gasteiger partial charge in [0.05, 0.1) is 6.61 Å². The van der Waals surface area contributed by atoms with Gasteiger partial charge in [-0.1, -0.05) is 91.0 Å². The minimum atomic E-state index is -1.03. The number of benzene rings is 4. The van der Waals surface area contributed by atoms with E-state index in [0.717, 1.165) is 27.8 Å². The van der Waals surface area contributed by atoms with Crippen molar-refractivity contribution in [2.75, 3.05) is 18.5 Å². The fourth-order valence-electron chi connectivity index (χ4n) is 6.29. The number of carbonyl (C=O) groups excluding carboxylic acids is 4. The number of hydrogen-bond donors (Lipinski definition) is 5. The van der Waals surface area contributed by atoms with Crippen LogP contribution in [0.15, 0.2) is 103 Å². The maximum atomic E-state index is 13.7. The zero-order chi connectivity index (χ0) is 37.8. The second kappa shape index (κ2) is 18.2. The number of anilines is 1. The quantitative estimate of drug-likeness (QED) is 0.0885. The highest BCUT2D eigenvalue weighted by Crippen LogP contribution is 2.44. The Labute approximate surface area is 310 Å². The largest absolute Gasteiger partial charge is 0.449 e. The summed E-state index contributed by atoms with van der Waals surface area (Å²) in [6.45, 7) is 5.57. The van der Waals surface area contributed by atoms with Crippen LogP contribution >= 0.6 is 0 Å². The SMILES string of the molecule is CC(C)(C)OC(=O)N[C@@H](Cc1ccccc1)C(=O)NC(CCCCNC(=O)OCC1c2ccccc2-c2ccccc21)C(=O)Nc1ccc(CO)cc1. The third kappa shape index (κ3) is 11.2. The van der Waals surface area contributed by atoms with E-state index in [0.29, 0.717) is 30.6 Å². The Balaban J connectivity index is 1.18. The highest BCUT2D eigenvalue weighted by atomic mass is 16.6. The minimum absolute atomic E-state index is 0.0496. The molecule has 0 fully saturated rings. The van der Waals surface area contributed by atoms with Crippen LogP contribution in [0.3, 0.4) is 0 Å². The Kier molecular flexibility index (Phi) is 13.2. The number of hydrogen-bond acceptors (Lipinski definition) is 7. The second-order valence-corrected chi connectivity index (χ2v) is 14.0. The molecule has 5 rings (SSSR count). The first-order valence-corrected chi connectivity index (χ1v) is 17.9. The molecule has 4 aromatic carbocycles. The van der Waals surface area contributed by atoms with Gasteiger partial charge in [-0.15, -0.1) is 0 Å². The van der Waals surface area contributed by atoms with Gasteiger partial charge >= 0.3 is 12.2 Å². The van der Waals surface area contributed by atoms with Gasteiger partial charge in [-0.3, -0.25) is 9.59 Å². The first kappa shape index (κ1) is 38.5. The zero-order valence-corrected chi connectivity index (χ0v) is 30.4. The summed E-state index contributed by atoms with van der Waals surface area (Å²) in [6, 6.07) is 30.2. The summed E-state index contributed by atoms with van der Waals surface area (Å²) in [7, 11) is 0. The molecule has 1 aliphatic rings. The van der Waals surface area contributed by atoms with Crippen molar-refractivity contribution in [3.63, 3.8) is 0 Å². The molecule has 2 atom stereocenters. The molecule has 0 radical (unpaired) electrons. The number of fused-ring (bicyclic) bond motifs is 3. The van der Waals surface area contributed by atoms with E-state index < -0.39 is 41.7 Å². The average molecular weight is 721 g/mol. The fourth-order valence-corrected chi connectivity index (χ4v) is 6.29. The number of alkyl carbamates (subject to hydrolysis) is 2. The summed E-state index contributed by atoms with van der Waals surface area (Å²) < 4.78 is 11.1. The highest BCUT2D eigenvalue weighted by Gasteiger charge is 2.30. The van der Waals surface area contributed by atoms with Crippen LogP contribution < -0.4 is 21.3 Å². The normalized spacial score (nSPS) is 13.1. The molecule has 5 N–H and O–H groups in total. The molecule has 11 nitrogen and oxygen atoms in total. The van der Waals surface area contributed by atoms with Gasteiger partial charge in [0.2, 0.25) is 11.8 Å². The first-order valence-electron chi connectivity index (χ1n) is 17.9. The molecule has 0 saturated carbocycles. The topological polar surface area (TPSA) is 155 Å². The molecular formula is C42H48N4O7. The first-order chi connectivity index (χ1) is 25.5. The van der Waals surface area contributed by atoms with Crippen molar-refractivity contribution in [2.45, 2.75) is 76.7 Å². The van der Waals surface area contributed by atoms with Crippen LogP contribution in [0.1, 0.15) is 68.2 Å². The van der Waals surface area contributed by atoms with E-state index in [-0.39, 0.29) is 32.0 Å². The lowest BCUT2D eigenvalue weighted by Crippen LogP contribution is -2.54. The van der Waals surface area contributed by atoms with Crippen LogP contribution in [0.5, 0.6) is 0 Å². The van der Waals surface area contributed by atoms with E-state index in [1.165, 1.54) is 0 Å². The number of nitrogens with one attached hydrogen (secondary N) is 4. The van der Waals surface area contributed by atoms with Crippen molar-refractivity contribution in [1.82, 2.24) is 16.0 Å². The maximum absolute atomic E-state index is 13.7. The van der Waals surface area contributed by atoms with Crippen molar-refractivity contribution >= 4 is 29.7 Å². The van der Waals surface area contributed by atoms with Crippen molar-refractivity contribution < 1.29 is 33.8 Å². The summed E-state index contributed by atoms with van der Waals surface area (Å²) in [5.74, 6) is -1.05. The molecule has 53 heavy (non-hydrogen) atoms. The summed E-state index contributed by atoms with van der Waals surface area (Å²) in [5, 5.41) is 20.6. The Hall–Kier alpha value is -5.68. The van der Waals surface area contributed by atoms with Gasteiger partial charge in [0.25, 0.3) is 0 Å². The van der Waals surface area contributed by atoms with Crippen molar-refractivity contribution in [3.8, 4) is 11.1 Å². The average Bonchev–Trinajstić information content (AvgIpc) is 3.46. The molecular weight excluding hydrogens is 672 g/mol. The summed E-state index contributed by atoms with van der Waals surface area (Å²) in [6.07, 6.45) is 0.138. The molecule has 0 bridgehead atoms. The van der Waals surface area contributed by atoms with Crippen LogP contribution in [0.25, 0.3) is 11.1 Å². The van der Waals surface area contributed by atoms with Gasteiger partial charge in [-0.25, -0.2) is 9.59 Å². The molecule has 4 aromatic rings. The number of aliphatic hydroxyl groups excluding tert-OH is 1. The highest BCUT2D eigenvalue weighted by molar-refractivity contribution is 5.98. The van der Waals surface area contributed by atoms with E-state index in [1.54, 1.807) is 45.0 Å². The molecule has 0 aliphatic heterocycles. The van der Waals surface area contributed by atoms with E-state index in [1.807, 2.05) is 54.6 Å². The molecule has 1 unspecified atom stereocenters. The van der Waals surface area contributed by atoms with E-state index in [4.69, 9.17) is 9.47 Å². The molecule has 278 valence electrons. The number of ether oxygens (including phenoxy) is 2. The van der Waals surface area contributed by atoms with Crippen LogP contribution in [0, 0.1) is 0 Å². The predicted molar refractivity (Wildman–Crippen MR) is 203 cm³/mol. The van der Waals surface area contributed by atoms with Crippen molar-refractivity contribution in [1.29, 1.82) is 0 Å². The van der Waals surface area contributed by atoms with E-state index in [2.05, 4.69) is 45.5 Å². The van der Waals surface area contributed by atoms with Gasteiger partial charge in [-0.05, 0) is 85.5 Å². The van der Waals surface area contributed by atoms with Crippen LogP contribution in [0.4, 0.5) is 15.3 Å². The molecule has 0 aromatic heterocycles. The Morgan fingerprint density at radius 1 is 0.698 bits per heavy atom. The molecule has 4 amide bonds. The predicted octanol–water partition coefficient (Wildman–Crippen LogP) is 6.45. The number of carbonyl (C=O) groups is 4. The monoisotopic (exact) mass is 720 g/mol. The third-order valence-corrected chi connectivity index (χ3v) is 8.86. The summed E-state index contributed by atoms with van der Waals surface area (Å²) in [5.41, 5.74) is 5.78. The molecule has 0 saturated heterocycles. The minimum Gasteiger partial charge on any atom is -0.449 e. The van der Waals surface area contributed by atoms with Crippen molar-refractivity contribution in [2.24, 2.45) is 0 Å². The number of rotatable bonds is 15. The van der Waals surface area contributed by atoms with Gasteiger partial charge in [0.15, 0.2) is 0 Å². The molecule has 0 spiro atoms. The summed E-state index contributed by atoms with van der Waals surface area (Å²) >= 11 is 0. The zero-order valence-electron chi connectivity index (χ0n) is 30.4. The Bertz CT molecular complexity index is 1810. The van der Waals surface area contributed by atoms with Crippen LogP contribution in [-0.4, -0.2) is 59.9 Å². The summed E-state index contributed by atoms with van der Waals surface area (Å²) in [4.78, 5) is 52.8. The van der Waals surface area contributed by atoms with Crippen LogP contribution in [-0.2, 0) is 32.1 Å². The Morgan fingerprint density at radius 3 is 1.94 bits per heavy atom. The Morgan fingerprint density at radius 2 is 1.32 bits per heavy atom. The lowest BCUT2D eigenvalue weighted by molar-refractivity contribution is -0.128. The smallest absolute Gasteiger partial charge is 0.408 e. The van der Waals surface area contributed by atoms with Gasteiger partial charge in [-0.2, -0.15) is 0 Å². The third-order valence-electron chi connectivity index (χ3n) is 8.86. The van der Waals surface area contributed by atoms with Gasteiger partial charge < -0.3 is 35.8 Å². The number of aliphatic hydroxyl groups is 1. The lowest BCUT2D eigenvalue weighted by Gasteiger charge is -2.25. The van der Waals surface area contributed by atoms with Crippen LogP contribution in [0.2, 0.25) is 0 Å². The molecule has 0 heterocycles. The van der Waals surface area contributed by atoms with Gasteiger partial charge in [0, 0.05) is 24.6 Å².